The minimum absolute atomic E-state index is 0.0665. The molecule has 0 atom stereocenters. The SMILES string of the molecule is CCCNC(=O)c1cccc(OCc2ccccc2Br)c1. The summed E-state index contributed by atoms with van der Waals surface area (Å²) in [5, 5.41) is 2.86. The Kier molecular flexibility index (Phi) is 5.81. The van der Waals surface area contributed by atoms with Crippen LogP contribution in [0.1, 0.15) is 29.3 Å². The van der Waals surface area contributed by atoms with Gasteiger partial charge in [-0.2, -0.15) is 0 Å². The second-order valence-corrected chi connectivity index (χ2v) is 5.52. The summed E-state index contributed by atoms with van der Waals surface area (Å²) in [5.41, 5.74) is 1.69. The van der Waals surface area contributed by atoms with Crippen molar-refractivity contribution in [1.82, 2.24) is 5.32 Å². The van der Waals surface area contributed by atoms with E-state index in [1.165, 1.54) is 0 Å². The molecule has 2 aromatic rings. The lowest BCUT2D eigenvalue weighted by Gasteiger charge is -2.09. The Morgan fingerprint density at radius 2 is 2.00 bits per heavy atom. The number of amides is 1. The zero-order valence-electron chi connectivity index (χ0n) is 11.9. The predicted molar refractivity (Wildman–Crippen MR) is 87.5 cm³/mol. The van der Waals surface area contributed by atoms with Gasteiger partial charge in [0.2, 0.25) is 0 Å². The first-order chi connectivity index (χ1) is 10.2. The lowest BCUT2D eigenvalue weighted by molar-refractivity contribution is 0.0953. The number of carbonyl (C=O) groups excluding carboxylic acids is 1. The molecule has 0 saturated carbocycles. The molecule has 0 aliphatic heterocycles. The molecule has 0 radical (unpaired) electrons. The molecular formula is C17H18BrNO2. The summed E-state index contributed by atoms with van der Waals surface area (Å²) < 4.78 is 6.77. The van der Waals surface area contributed by atoms with Gasteiger partial charge in [0.1, 0.15) is 12.4 Å². The first kappa shape index (κ1) is 15.6. The molecule has 0 bridgehead atoms. The summed E-state index contributed by atoms with van der Waals surface area (Å²) in [4.78, 5) is 11.9. The highest BCUT2D eigenvalue weighted by atomic mass is 79.9. The van der Waals surface area contributed by atoms with Gasteiger partial charge in [0, 0.05) is 22.1 Å². The maximum atomic E-state index is 11.9. The highest BCUT2D eigenvalue weighted by Crippen LogP contribution is 2.19. The molecular weight excluding hydrogens is 330 g/mol. The van der Waals surface area contributed by atoms with E-state index >= 15 is 0 Å². The number of hydrogen-bond donors (Lipinski definition) is 1. The Labute approximate surface area is 133 Å². The van der Waals surface area contributed by atoms with Crippen LogP contribution in [0.25, 0.3) is 0 Å². The van der Waals surface area contributed by atoms with Gasteiger partial charge in [-0.05, 0) is 30.7 Å². The third-order valence-electron chi connectivity index (χ3n) is 2.98. The molecule has 2 aromatic carbocycles. The second kappa shape index (κ2) is 7.84. The van der Waals surface area contributed by atoms with Crippen LogP contribution >= 0.6 is 15.9 Å². The van der Waals surface area contributed by atoms with Crippen LogP contribution in [0.15, 0.2) is 53.0 Å². The molecule has 0 aliphatic rings. The third-order valence-corrected chi connectivity index (χ3v) is 3.76. The fourth-order valence-electron chi connectivity index (χ4n) is 1.84. The van der Waals surface area contributed by atoms with E-state index in [9.17, 15) is 4.79 Å². The van der Waals surface area contributed by atoms with Gasteiger partial charge in [-0.15, -0.1) is 0 Å². The van der Waals surface area contributed by atoms with Gasteiger partial charge in [0.25, 0.3) is 5.91 Å². The number of nitrogens with one attached hydrogen (secondary N) is 1. The summed E-state index contributed by atoms with van der Waals surface area (Å²) in [6, 6.07) is 15.2. The van der Waals surface area contributed by atoms with E-state index < -0.39 is 0 Å². The summed E-state index contributed by atoms with van der Waals surface area (Å²) in [5.74, 6) is 0.623. The lowest BCUT2D eigenvalue weighted by Crippen LogP contribution is -2.23. The predicted octanol–water partition coefficient (Wildman–Crippen LogP) is 4.17. The highest BCUT2D eigenvalue weighted by Gasteiger charge is 2.06. The Morgan fingerprint density at radius 3 is 2.76 bits per heavy atom. The molecule has 0 unspecified atom stereocenters. The molecule has 3 nitrogen and oxygen atoms in total. The van der Waals surface area contributed by atoms with Gasteiger partial charge in [0.15, 0.2) is 0 Å². The van der Waals surface area contributed by atoms with Crippen LogP contribution in [0.2, 0.25) is 0 Å². The molecule has 0 aromatic heterocycles. The van der Waals surface area contributed by atoms with Gasteiger partial charge in [0.05, 0.1) is 0 Å². The largest absolute Gasteiger partial charge is 0.489 e. The van der Waals surface area contributed by atoms with Crippen LogP contribution in [0.3, 0.4) is 0 Å². The molecule has 110 valence electrons. The fourth-order valence-corrected chi connectivity index (χ4v) is 2.24. The van der Waals surface area contributed by atoms with E-state index in [2.05, 4.69) is 21.2 Å². The average Bonchev–Trinajstić information content (AvgIpc) is 2.52. The topological polar surface area (TPSA) is 38.3 Å². The van der Waals surface area contributed by atoms with Crippen molar-refractivity contribution in [2.75, 3.05) is 6.54 Å². The monoisotopic (exact) mass is 347 g/mol. The van der Waals surface area contributed by atoms with E-state index in [0.717, 1.165) is 16.5 Å². The van der Waals surface area contributed by atoms with Crippen molar-refractivity contribution in [2.45, 2.75) is 20.0 Å². The molecule has 2 rings (SSSR count). The zero-order chi connectivity index (χ0) is 15.1. The van der Waals surface area contributed by atoms with Crippen molar-refractivity contribution in [3.05, 3.63) is 64.1 Å². The standard InChI is InChI=1S/C17H18BrNO2/c1-2-10-19-17(20)13-7-5-8-15(11-13)21-12-14-6-3-4-9-16(14)18/h3-9,11H,2,10,12H2,1H3,(H,19,20). The Balaban J connectivity index is 2.01. The maximum absolute atomic E-state index is 11.9. The maximum Gasteiger partial charge on any atom is 0.251 e. The first-order valence-corrected chi connectivity index (χ1v) is 7.74. The van der Waals surface area contributed by atoms with Crippen molar-refractivity contribution in [1.29, 1.82) is 0 Å². The molecule has 4 heteroatoms. The fraction of sp³-hybridized carbons (Fsp3) is 0.235. The van der Waals surface area contributed by atoms with Crippen molar-refractivity contribution in [3.63, 3.8) is 0 Å². The molecule has 0 spiro atoms. The van der Waals surface area contributed by atoms with E-state index in [0.29, 0.717) is 24.5 Å². The molecule has 1 N–H and O–H groups in total. The highest BCUT2D eigenvalue weighted by molar-refractivity contribution is 9.10. The molecule has 21 heavy (non-hydrogen) atoms. The second-order valence-electron chi connectivity index (χ2n) is 4.66. The van der Waals surface area contributed by atoms with Crippen LogP contribution in [-0.4, -0.2) is 12.5 Å². The molecule has 0 heterocycles. The minimum atomic E-state index is -0.0665. The Morgan fingerprint density at radius 1 is 1.19 bits per heavy atom. The number of halogens is 1. The quantitative estimate of drug-likeness (QED) is 0.851. The van der Waals surface area contributed by atoms with Crippen LogP contribution in [0, 0.1) is 0 Å². The summed E-state index contributed by atoms with van der Waals surface area (Å²) in [6.07, 6.45) is 0.921. The smallest absolute Gasteiger partial charge is 0.251 e. The molecule has 0 fully saturated rings. The van der Waals surface area contributed by atoms with Crippen LogP contribution in [0.5, 0.6) is 5.75 Å². The number of hydrogen-bond acceptors (Lipinski definition) is 2. The van der Waals surface area contributed by atoms with Crippen LogP contribution in [0.4, 0.5) is 0 Å². The van der Waals surface area contributed by atoms with Gasteiger partial charge in [-0.25, -0.2) is 0 Å². The lowest BCUT2D eigenvalue weighted by atomic mass is 10.2. The average molecular weight is 348 g/mol. The van der Waals surface area contributed by atoms with Crippen LogP contribution < -0.4 is 10.1 Å². The third kappa shape index (κ3) is 4.60. The van der Waals surface area contributed by atoms with Gasteiger partial charge in [-0.3, -0.25) is 4.79 Å². The van der Waals surface area contributed by atoms with Gasteiger partial charge >= 0.3 is 0 Å². The Bertz CT molecular complexity index is 613. The van der Waals surface area contributed by atoms with E-state index in [1.54, 1.807) is 12.1 Å². The Hall–Kier alpha value is -1.81. The van der Waals surface area contributed by atoms with Crippen molar-refractivity contribution >= 4 is 21.8 Å². The molecule has 1 amide bonds. The summed E-state index contributed by atoms with van der Waals surface area (Å²) in [6.45, 7) is 3.17. The van der Waals surface area contributed by atoms with Crippen molar-refractivity contribution in [3.8, 4) is 5.75 Å². The zero-order valence-corrected chi connectivity index (χ0v) is 13.5. The molecule has 0 saturated heterocycles. The van der Waals surface area contributed by atoms with Gasteiger partial charge in [-0.1, -0.05) is 47.1 Å². The minimum Gasteiger partial charge on any atom is -0.489 e. The first-order valence-electron chi connectivity index (χ1n) is 6.95. The normalized spacial score (nSPS) is 10.2. The van der Waals surface area contributed by atoms with Crippen molar-refractivity contribution in [2.24, 2.45) is 0 Å². The number of ether oxygens (including phenoxy) is 1. The number of benzene rings is 2. The van der Waals surface area contributed by atoms with Crippen LogP contribution in [-0.2, 0) is 6.61 Å². The van der Waals surface area contributed by atoms with Gasteiger partial charge < -0.3 is 10.1 Å². The van der Waals surface area contributed by atoms with E-state index in [4.69, 9.17) is 4.74 Å². The summed E-state index contributed by atoms with van der Waals surface area (Å²) >= 11 is 3.49. The van der Waals surface area contributed by atoms with Crippen molar-refractivity contribution < 1.29 is 9.53 Å². The van der Waals surface area contributed by atoms with E-state index in [-0.39, 0.29) is 5.91 Å². The van der Waals surface area contributed by atoms with E-state index in [1.807, 2.05) is 43.3 Å². The molecule has 0 aliphatic carbocycles. The number of carbonyl (C=O) groups is 1. The summed E-state index contributed by atoms with van der Waals surface area (Å²) in [7, 11) is 0. The number of rotatable bonds is 6.